The van der Waals surface area contributed by atoms with Gasteiger partial charge in [0.05, 0.1) is 0 Å². The number of halogens is 1. The molecular formula is C13H11BrO. The third kappa shape index (κ3) is 2.21. The number of hydrogen-bond donors (Lipinski definition) is 1. The molecule has 15 heavy (non-hydrogen) atoms. The fraction of sp³-hybridized carbons (Fsp3) is 0.0769. The van der Waals surface area contributed by atoms with Gasteiger partial charge < -0.3 is 5.11 Å². The van der Waals surface area contributed by atoms with Gasteiger partial charge in [-0.2, -0.15) is 0 Å². The zero-order valence-electron chi connectivity index (χ0n) is 8.37. The highest BCUT2D eigenvalue weighted by Crippen LogP contribution is 2.27. The van der Waals surface area contributed by atoms with Crippen LogP contribution in [0.5, 0.6) is 5.75 Å². The predicted molar refractivity (Wildman–Crippen MR) is 66.0 cm³/mol. The van der Waals surface area contributed by atoms with E-state index < -0.39 is 0 Å². The summed E-state index contributed by atoms with van der Waals surface area (Å²) >= 11 is 3.43. The molecule has 0 aliphatic carbocycles. The summed E-state index contributed by atoms with van der Waals surface area (Å²) in [4.78, 5) is 0. The van der Waals surface area contributed by atoms with Gasteiger partial charge in [0.15, 0.2) is 0 Å². The second kappa shape index (κ2) is 4.07. The van der Waals surface area contributed by atoms with Crippen LogP contribution in [0.1, 0.15) is 5.56 Å². The fourth-order valence-electron chi connectivity index (χ4n) is 1.46. The van der Waals surface area contributed by atoms with Crippen LogP contribution in [0.2, 0.25) is 0 Å². The van der Waals surface area contributed by atoms with E-state index in [0.29, 0.717) is 5.75 Å². The van der Waals surface area contributed by atoms with Gasteiger partial charge in [0.2, 0.25) is 0 Å². The fourth-order valence-corrected chi connectivity index (χ4v) is 1.86. The third-order valence-electron chi connectivity index (χ3n) is 2.37. The summed E-state index contributed by atoms with van der Waals surface area (Å²) < 4.78 is 1.04. The molecule has 2 aromatic carbocycles. The first-order valence-electron chi connectivity index (χ1n) is 4.72. The van der Waals surface area contributed by atoms with Gasteiger partial charge in [0.25, 0.3) is 0 Å². The molecule has 0 unspecified atom stereocenters. The molecule has 2 rings (SSSR count). The summed E-state index contributed by atoms with van der Waals surface area (Å²) in [5.74, 6) is 0.340. The van der Waals surface area contributed by atoms with Crippen molar-refractivity contribution in [2.45, 2.75) is 6.92 Å². The molecule has 0 heterocycles. The average molecular weight is 263 g/mol. The lowest BCUT2D eigenvalue weighted by Crippen LogP contribution is -1.80. The SMILES string of the molecule is Cc1ccc(-c2cccc(Br)c2)cc1O. The van der Waals surface area contributed by atoms with Crippen molar-refractivity contribution >= 4 is 15.9 Å². The summed E-state index contributed by atoms with van der Waals surface area (Å²) in [7, 11) is 0. The smallest absolute Gasteiger partial charge is 0.119 e. The Kier molecular flexibility index (Phi) is 2.78. The maximum atomic E-state index is 9.62. The summed E-state index contributed by atoms with van der Waals surface area (Å²) in [6.07, 6.45) is 0. The minimum atomic E-state index is 0.340. The Morgan fingerprint density at radius 3 is 2.40 bits per heavy atom. The largest absolute Gasteiger partial charge is 0.508 e. The first kappa shape index (κ1) is 10.2. The molecule has 0 aliphatic rings. The van der Waals surface area contributed by atoms with Crippen LogP contribution in [0, 0.1) is 6.92 Å². The number of aromatic hydroxyl groups is 1. The van der Waals surface area contributed by atoms with Crippen molar-refractivity contribution in [1.29, 1.82) is 0 Å². The summed E-state index contributed by atoms with van der Waals surface area (Å²) in [5, 5.41) is 9.62. The Hall–Kier alpha value is -1.28. The topological polar surface area (TPSA) is 20.2 Å². The maximum absolute atomic E-state index is 9.62. The van der Waals surface area contributed by atoms with E-state index in [0.717, 1.165) is 21.2 Å². The van der Waals surface area contributed by atoms with E-state index in [2.05, 4.69) is 15.9 Å². The van der Waals surface area contributed by atoms with Crippen molar-refractivity contribution in [3.8, 4) is 16.9 Å². The van der Waals surface area contributed by atoms with Crippen LogP contribution >= 0.6 is 15.9 Å². The lowest BCUT2D eigenvalue weighted by molar-refractivity contribution is 0.471. The van der Waals surface area contributed by atoms with Crippen molar-refractivity contribution in [3.63, 3.8) is 0 Å². The van der Waals surface area contributed by atoms with Crippen molar-refractivity contribution in [1.82, 2.24) is 0 Å². The van der Waals surface area contributed by atoms with Crippen LogP contribution in [0.4, 0.5) is 0 Å². The van der Waals surface area contributed by atoms with Crippen molar-refractivity contribution < 1.29 is 5.11 Å². The van der Waals surface area contributed by atoms with Crippen LogP contribution in [0.3, 0.4) is 0 Å². The molecule has 0 saturated heterocycles. The quantitative estimate of drug-likeness (QED) is 0.820. The van der Waals surface area contributed by atoms with Gasteiger partial charge in [-0.25, -0.2) is 0 Å². The Bertz CT molecular complexity index is 492. The van der Waals surface area contributed by atoms with Gasteiger partial charge in [-0.3, -0.25) is 0 Å². The van der Waals surface area contributed by atoms with E-state index >= 15 is 0 Å². The highest BCUT2D eigenvalue weighted by atomic mass is 79.9. The number of aryl methyl sites for hydroxylation is 1. The zero-order chi connectivity index (χ0) is 10.8. The number of hydrogen-bond acceptors (Lipinski definition) is 1. The molecule has 0 atom stereocenters. The minimum absolute atomic E-state index is 0.340. The van der Waals surface area contributed by atoms with E-state index in [1.54, 1.807) is 6.07 Å². The molecule has 76 valence electrons. The number of rotatable bonds is 1. The first-order chi connectivity index (χ1) is 7.16. The van der Waals surface area contributed by atoms with Gasteiger partial charge >= 0.3 is 0 Å². The van der Waals surface area contributed by atoms with Gasteiger partial charge in [-0.05, 0) is 41.8 Å². The van der Waals surface area contributed by atoms with Gasteiger partial charge in [0, 0.05) is 4.47 Å². The zero-order valence-corrected chi connectivity index (χ0v) is 9.95. The molecule has 0 saturated carbocycles. The Morgan fingerprint density at radius 2 is 1.73 bits per heavy atom. The summed E-state index contributed by atoms with van der Waals surface area (Å²) in [6, 6.07) is 13.7. The molecule has 0 bridgehead atoms. The predicted octanol–water partition coefficient (Wildman–Crippen LogP) is 4.13. The highest BCUT2D eigenvalue weighted by Gasteiger charge is 2.01. The molecule has 0 radical (unpaired) electrons. The van der Waals surface area contributed by atoms with E-state index in [4.69, 9.17) is 0 Å². The number of benzene rings is 2. The van der Waals surface area contributed by atoms with E-state index in [1.807, 2.05) is 43.3 Å². The molecule has 2 heteroatoms. The molecule has 0 spiro atoms. The van der Waals surface area contributed by atoms with Crippen LogP contribution < -0.4 is 0 Å². The molecule has 0 aliphatic heterocycles. The van der Waals surface area contributed by atoms with Crippen LogP contribution in [-0.2, 0) is 0 Å². The van der Waals surface area contributed by atoms with E-state index in [9.17, 15) is 5.11 Å². The Morgan fingerprint density at radius 1 is 1.00 bits per heavy atom. The molecule has 1 nitrogen and oxygen atoms in total. The van der Waals surface area contributed by atoms with Crippen LogP contribution in [0.25, 0.3) is 11.1 Å². The lowest BCUT2D eigenvalue weighted by Gasteiger charge is -2.04. The number of phenolic OH excluding ortho intramolecular Hbond substituents is 1. The standard InChI is InChI=1S/C13H11BrO/c1-9-5-6-11(8-13(9)15)10-3-2-4-12(14)7-10/h2-8,15H,1H3. The molecule has 0 fully saturated rings. The van der Waals surface area contributed by atoms with Crippen molar-refractivity contribution in [3.05, 3.63) is 52.5 Å². The normalized spacial score (nSPS) is 10.3. The molecule has 0 aromatic heterocycles. The van der Waals surface area contributed by atoms with Gasteiger partial charge in [-0.15, -0.1) is 0 Å². The van der Waals surface area contributed by atoms with Gasteiger partial charge in [0.1, 0.15) is 5.75 Å². The summed E-state index contributed by atoms with van der Waals surface area (Å²) in [6.45, 7) is 1.89. The molecule has 1 N–H and O–H groups in total. The molecular weight excluding hydrogens is 252 g/mol. The Labute approximate surface area is 97.5 Å². The number of phenols is 1. The Balaban J connectivity index is 2.50. The monoisotopic (exact) mass is 262 g/mol. The van der Waals surface area contributed by atoms with E-state index in [-0.39, 0.29) is 0 Å². The van der Waals surface area contributed by atoms with E-state index in [1.165, 1.54) is 0 Å². The first-order valence-corrected chi connectivity index (χ1v) is 5.51. The molecule has 2 aromatic rings. The van der Waals surface area contributed by atoms with Gasteiger partial charge in [-0.1, -0.05) is 40.2 Å². The molecule has 0 amide bonds. The van der Waals surface area contributed by atoms with Crippen LogP contribution in [0.15, 0.2) is 46.9 Å². The highest BCUT2D eigenvalue weighted by molar-refractivity contribution is 9.10. The van der Waals surface area contributed by atoms with Crippen LogP contribution in [-0.4, -0.2) is 5.11 Å². The minimum Gasteiger partial charge on any atom is -0.508 e. The lowest BCUT2D eigenvalue weighted by atomic mass is 10.0. The summed E-state index contributed by atoms with van der Waals surface area (Å²) in [5.41, 5.74) is 3.02. The second-order valence-corrected chi connectivity index (χ2v) is 4.43. The maximum Gasteiger partial charge on any atom is 0.119 e. The van der Waals surface area contributed by atoms with Crippen molar-refractivity contribution in [2.75, 3.05) is 0 Å². The average Bonchev–Trinajstić information content (AvgIpc) is 2.22. The van der Waals surface area contributed by atoms with Crippen molar-refractivity contribution in [2.24, 2.45) is 0 Å². The third-order valence-corrected chi connectivity index (χ3v) is 2.86. The second-order valence-electron chi connectivity index (χ2n) is 3.51.